The highest BCUT2D eigenvalue weighted by atomic mass is 16.6. The lowest BCUT2D eigenvalue weighted by Gasteiger charge is -2.19. The fourth-order valence-electron chi connectivity index (χ4n) is 1.41. The normalized spacial score (nSPS) is 10.9. The Morgan fingerprint density at radius 2 is 1.84 bits per heavy atom. The van der Waals surface area contributed by atoms with Gasteiger partial charge in [-0.05, 0) is 33.8 Å². The molecule has 0 saturated heterocycles. The van der Waals surface area contributed by atoms with Crippen LogP contribution in [0.1, 0.15) is 48.4 Å². The fourth-order valence-corrected chi connectivity index (χ4v) is 1.41. The van der Waals surface area contributed by atoms with Gasteiger partial charge in [0.05, 0.1) is 4.92 Å². The van der Waals surface area contributed by atoms with E-state index in [1.54, 1.807) is 20.8 Å². The summed E-state index contributed by atoms with van der Waals surface area (Å²) in [5.41, 5.74) is -1.16. The highest BCUT2D eigenvalue weighted by Gasteiger charge is 2.26. The number of carbonyl (C=O) groups excluding carboxylic acids is 2. The largest absolute Gasteiger partial charge is 0.456 e. The first-order chi connectivity index (χ1) is 8.61. The maximum absolute atomic E-state index is 11.9. The van der Waals surface area contributed by atoms with Gasteiger partial charge in [0.25, 0.3) is 5.69 Å². The Labute approximate surface area is 110 Å². The summed E-state index contributed by atoms with van der Waals surface area (Å²) in [6.07, 6.45) is 0. The van der Waals surface area contributed by atoms with E-state index in [9.17, 15) is 19.7 Å². The SMILES string of the molecule is CC(=O)c1ccc(C(=O)OC(C)(C)C)c([N+](=O)[O-])c1. The molecule has 0 bridgehead atoms. The molecule has 0 unspecified atom stereocenters. The van der Waals surface area contributed by atoms with Gasteiger partial charge in [-0.3, -0.25) is 14.9 Å². The Bertz CT molecular complexity index is 542. The number of carbonyl (C=O) groups is 2. The highest BCUT2D eigenvalue weighted by molar-refractivity contribution is 5.99. The number of hydrogen-bond donors (Lipinski definition) is 0. The molecule has 0 aliphatic heterocycles. The van der Waals surface area contributed by atoms with Crippen LogP contribution in [0.5, 0.6) is 0 Å². The molecule has 6 heteroatoms. The molecule has 0 heterocycles. The average molecular weight is 265 g/mol. The minimum Gasteiger partial charge on any atom is -0.456 e. The van der Waals surface area contributed by atoms with E-state index in [4.69, 9.17) is 4.74 Å². The van der Waals surface area contributed by atoms with Crippen LogP contribution in [0, 0.1) is 10.1 Å². The van der Waals surface area contributed by atoms with E-state index in [1.807, 2.05) is 0 Å². The summed E-state index contributed by atoms with van der Waals surface area (Å²) < 4.78 is 5.09. The number of Topliss-reactive ketones (excluding diaryl/α,β-unsaturated/α-hetero) is 1. The van der Waals surface area contributed by atoms with E-state index < -0.39 is 22.2 Å². The van der Waals surface area contributed by atoms with Crippen LogP contribution in [0.4, 0.5) is 5.69 Å². The minimum absolute atomic E-state index is 0.162. The van der Waals surface area contributed by atoms with Gasteiger partial charge in [-0.1, -0.05) is 6.07 Å². The van der Waals surface area contributed by atoms with Gasteiger partial charge in [-0.2, -0.15) is 0 Å². The third kappa shape index (κ3) is 3.87. The van der Waals surface area contributed by atoms with Crippen LogP contribution in [0.25, 0.3) is 0 Å². The van der Waals surface area contributed by atoms with Crippen LogP contribution in [-0.4, -0.2) is 22.3 Å². The Kier molecular flexibility index (Phi) is 4.04. The number of ketones is 1. The smallest absolute Gasteiger partial charge is 0.345 e. The van der Waals surface area contributed by atoms with Gasteiger partial charge in [0.15, 0.2) is 5.78 Å². The second-order valence-electron chi connectivity index (χ2n) is 5.05. The monoisotopic (exact) mass is 265 g/mol. The molecular formula is C13H15NO5. The number of nitro benzene ring substituents is 1. The molecule has 0 N–H and O–H groups in total. The molecule has 0 atom stereocenters. The van der Waals surface area contributed by atoms with Crippen molar-refractivity contribution >= 4 is 17.4 Å². The van der Waals surface area contributed by atoms with Gasteiger partial charge < -0.3 is 4.74 Å². The Hall–Kier alpha value is -2.24. The van der Waals surface area contributed by atoms with Gasteiger partial charge in [0.2, 0.25) is 0 Å². The molecule has 0 aromatic heterocycles. The third-order valence-electron chi connectivity index (χ3n) is 2.22. The van der Waals surface area contributed by atoms with Crippen LogP contribution >= 0.6 is 0 Å². The molecule has 0 amide bonds. The molecule has 6 nitrogen and oxygen atoms in total. The quantitative estimate of drug-likeness (QED) is 0.363. The van der Waals surface area contributed by atoms with E-state index in [0.717, 1.165) is 6.07 Å². The molecule has 0 saturated carbocycles. The second-order valence-corrected chi connectivity index (χ2v) is 5.05. The summed E-state index contributed by atoms with van der Waals surface area (Å²) in [4.78, 5) is 33.3. The number of ether oxygens (including phenoxy) is 1. The summed E-state index contributed by atoms with van der Waals surface area (Å²) in [5, 5.41) is 11.0. The Morgan fingerprint density at radius 1 is 1.26 bits per heavy atom. The maximum atomic E-state index is 11.9. The lowest BCUT2D eigenvalue weighted by molar-refractivity contribution is -0.385. The fraction of sp³-hybridized carbons (Fsp3) is 0.385. The zero-order valence-corrected chi connectivity index (χ0v) is 11.2. The third-order valence-corrected chi connectivity index (χ3v) is 2.22. The topological polar surface area (TPSA) is 86.5 Å². The number of esters is 1. The van der Waals surface area contributed by atoms with Crippen molar-refractivity contribution in [2.24, 2.45) is 0 Å². The predicted molar refractivity (Wildman–Crippen MR) is 68.3 cm³/mol. The van der Waals surface area contributed by atoms with E-state index in [0.29, 0.717) is 0 Å². The van der Waals surface area contributed by atoms with Crippen molar-refractivity contribution in [3.05, 3.63) is 39.4 Å². The molecular weight excluding hydrogens is 250 g/mol. The molecule has 102 valence electrons. The zero-order chi connectivity index (χ0) is 14.8. The van der Waals surface area contributed by atoms with E-state index in [2.05, 4.69) is 0 Å². The summed E-state index contributed by atoms with van der Waals surface area (Å²) in [7, 11) is 0. The first kappa shape index (κ1) is 14.8. The molecule has 0 aliphatic carbocycles. The van der Waals surface area contributed by atoms with Crippen molar-refractivity contribution in [3.63, 3.8) is 0 Å². The molecule has 19 heavy (non-hydrogen) atoms. The minimum atomic E-state index is -0.783. The summed E-state index contributed by atoms with van der Waals surface area (Å²) in [5.74, 6) is -1.09. The Morgan fingerprint density at radius 3 is 2.26 bits per heavy atom. The van der Waals surface area contributed by atoms with E-state index in [-0.39, 0.29) is 16.9 Å². The number of rotatable bonds is 3. The first-order valence-corrected chi connectivity index (χ1v) is 5.64. The van der Waals surface area contributed by atoms with Gasteiger partial charge in [0, 0.05) is 11.6 Å². The maximum Gasteiger partial charge on any atom is 0.345 e. The van der Waals surface area contributed by atoms with Crippen LogP contribution in [-0.2, 0) is 4.74 Å². The van der Waals surface area contributed by atoms with Gasteiger partial charge in [-0.25, -0.2) is 4.79 Å². The van der Waals surface area contributed by atoms with Crippen molar-refractivity contribution in [3.8, 4) is 0 Å². The first-order valence-electron chi connectivity index (χ1n) is 5.64. The predicted octanol–water partition coefficient (Wildman–Crippen LogP) is 2.75. The molecule has 0 fully saturated rings. The molecule has 1 rings (SSSR count). The summed E-state index contributed by atoms with van der Waals surface area (Å²) >= 11 is 0. The average Bonchev–Trinajstić information content (AvgIpc) is 2.25. The molecule has 0 spiro atoms. The summed E-state index contributed by atoms with van der Waals surface area (Å²) in [6, 6.07) is 3.69. The number of nitrogens with zero attached hydrogens (tertiary/aromatic N) is 1. The van der Waals surface area contributed by atoms with Crippen molar-refractivity contribution < 1.29 is 19.2 Å². The number of benzene rings is 1. The van der Waals surface area contributed by atoms with Crippen LogP contribution in [0.15, 0.2) is 18.2 Å². The highest BCUT2D eigenvalue weighted by Crippen LogP contribution is 2.23. The lowest BCUT2D eigenvalue weighted by Crippen LogP contribution is -2.24. The van der Waals surface area contributed by atoms with Crippen molar-refractivity contribution in [2.75, 3.05) is 0 Å². The zero-order valence-electron chi connectivity index (χ0n) is 11.2. The van der Waals surface area contributed by atoms with Crippen LogP contribution < -0.4 is 0 Å². The van der Waals surface area contributed by atoms with Gasteiger partial charge in [-0.15, -0.1) is 0 Å². The van der Waals surface area contributed by atoms with Gasteiger partial charge in [0.1, 0.15) is 11.2 Å². The van der Waals surface area contributed by atoms with E-state index >= 15 is 0 Å². The molecule has 1 aromatic rings. The van der Waals surface area contributed by atoms with Crippen molar-refractivity contribution in [2.45, 2.75) is 33.3 Å². The summed E-state index contributed by atoms with van der Waals surface area (Å²) in [6.45, 7) is 6.30. The Balaban J connectivity index is 3.24. The van der Waals surface area contributed by atoms with E-state index in [1.165, 1.54) is 19.1 Å². The second kappa shape index (κ2) is 5.17. The standard InChI is InChI=1S/C13H15NO5/c1-8(15)9-5-6-10(11(7-9)14(17)18)12(16)19-13(2,3)4/h5-7H,1-4H3. The molecule has 0 radical (unpaired) electrons. The number of nitro groups is 1. The molecule has 0 aliphatic rings. The lowest BCUT2D eigenvalue weighted by atomic mass is 10.1. The molecule has 1 aromatic carbocycles. The van der Waals surface area contributed by atoms with Crippen LogP contribution in [0.3, 0.4) is 0 Å². The number of hydrogen-bond acceptors (Lipinski definition) is 5. The van der Waals surface area contributed by atoms with Crippen molar-refractivity contribution in [1.29, 1.82) is 0 Å². The van der Waals surface area contributed by atoms with Crippen molar-refractivity contribution in [1.82, 2.24) is 0 Å². The van der Waals surface area contributed by atoms with Gasteiger partial charge >= 0.3 is 5.97 Å². The van der Waals surface area contributed by atoms with Crippen LogP contribution in [0.2, 0.25) is 0 Å².